The van der Waals surface area contributed by atoms with Crippen molar-refractivity contribution in [2.45, 2.75) is 6.18 Å². The fraction of sp³-hybridized carbons (Fsp3) is 0.111. The van der Waals surface area contributed by atoms with Crippen LogP contribution < -0.4 is 16.0 Å². The van der Waals surface area contributed by atoms with Crippen LogP contribution in [0.5, 0.6) is 0 Å². The van der Waals surface area contributed by atoms with Gasteiger partial charge in [-0.2, -0.15) is 13.2 Å². The standard InChI is InChI=1S/C18H15F3N4OS/c1-22-17-25-15(10-27-17)11-3-2-4-14(9-11)24-16(26)23-13-7-5-12(6-8-13)18(19,20)21/h2-10H,1H3,(H,22,25)(H2,23,24,26). The molecule has 0 saturated heterocycles. The molecule has 0 fully saturated rings. The SMILES string of the molecule is CNc1nc(-c2cccc(NC(=O)Nc3ccc(C(F)(F)F)cc3)c2)cs1. The molecule has 0 saturated carbocycles. The van der Waals surface area contributed by atoms with Crippen LogP contribution >= 0.6 is 11.3 Å². The molecule has 0 spiro atoms. The molecular weight excluding hydrogens is 377 g/mol. The second-order valence-corrected chi connectivity index (χ2v) is 6.38. The molecule has 0 aliphatic heterocycles. The first kappa shape index (κ1) is 18.7. The van der Waals surface area contributed by atoms with E-state index in [1.807, 2.05) is 11.4 Å². The van der Waals surface area contributed by atoms with Crippen molar-refractivity contribution in [3.8, 4) is 11.3 Å². The highest BCUT2D eigenvalue weighted by Crippen LogP contribution is 2.30. The van der Waals surface area contributed by atoms with E-state index in [0.717, 1.165) is 28.5 Å². The molecule has 5 nitrogen and oxygen atoms in total. The Morgan fingerprint density at radius 1 is 1.04 bits per heavy atom. The summed E-state index contributed by atoms with van der Waals surface area (Å²) in [5.41, 5.74) is 1.63. The monoisotopic (exact) mass is 392 g/mol. The predicted molar refractivity (Wildman–Crippen MR) is 101 cm³/mol. The maximum atomic E-state index is 12.6. The normalized spacial score (nSPS) is 11.1. The van der Waals surface area contributed by atoms with Crippen LogP contribution in [0.3, 0.4) is 0 Å². The van der Waals surface area contributed by atoms with Gasteiger partial charge < -0.3 is 16.0 Å². The summed E-state index contributed by atoms with van der Waals surface area (Å²) in [7, 11) is 1.78. The van der Waals surface area contributed by atoms with Crippen molar-refractivity contribution < 1.29 is 18.0 Å². The Balaban J connectivity index is 1.66. The quantitative estimate of drug-likeness (QED) is 0.548. The van der Waals surface area contributed by atoms with Crippen LogP contribution in [0.4, 0.5) is 34.5 Å². The van der Waals surface area contributed by atoms with Crippen LogP contribution in [0.2, 0.25) is 0 Å². The van der Waals surface area contributed by atoms with Gasteiger partial charge in [-0.1, -0.05) is 12.1 Å². The van der Waals surface area contributed by atoms with E-state index in [-0.39, 0.29) is 5.69 Å². The summed E-state index contributed by atoms with van der Waals surface area (Å²) < 4.78 is 37.7. The number of amides is 2. The minimum Gasteiger partial charge on any atom is -0.365 e. The predicted octanol–water partition coefficient (Wildman–Crippen LogP) is 5.51. The molecule has 0 unspecified atom stereocenters. The summed E-state index contributed by atoms with van der Waals surface area (Å²) in [5.74, 6) is 0. The third-order valence-electron chi connectivity index (χ3n) is 3.60. The Bertz CT molecular complexity index is 938. The lowest BCUT2D eigenvalue weighted by molar-refractivity contribution is -0.137. The van der Waals surface area contributed by atoms with E-state index in [1.54, 1.807) is 25.2 Å². The molecule has 3 aromatic rings. The second kappa shape index (κ2) is 7.67. The van der Waals surface area contributed by atoms with Gasteiger partial charge in [-0.3, -0.25) is 0 Å². The summed E-state index contributed by atoms with van der Waals surface area (Å²) in [6.07, 6.45) is -4.41. The average molecular weight is 392 g/mol. The van der Waals surface area contributed by atoms with Gasteiger partial charge in [0.15, 0.2) is 5.13 Å². The van der Waals surface area contributed by atoms with Gasteiger partial charge in [-0.25, -0.2) is 9.78 Å². The molecule has 140 valence electrons. The van der Waals surface area contributed by atoms with Gasteiger partial charge in [0.1, 0.15) is 0 Å². The molecular formula is C18H15F3N4OS. The summed E-state index contributed by atoms with van der Waals surface area (Å²) in [6, 6.07) is 10.8. The lowest BCUT2D eigenvalue weighted by atomic mass is 10.1. The van der Waals surface area contributed by atoms with E-state index in [9.17, 15) is 18.0 Å². The number of halogens is 3. The Hall–Kier alpha value is -3.07. The number of nitrogens with zero attached hydrogens (tertiary/aromatic N) is 1. The van der Waals surface area contributed by atoms with Gasteiger partial charge in [0.2, 0.25) is 0 Å². The third kappa shape index (κ3) is 4.76. The summed E-state index contributed by atoms with van der Waals surface area (Å²) in [4.78, 5) is 16.5. The molecule has 2 aromatic carbocycles. The van der Waals surface area contributed by atoms with Crippen LogP contribution in [0.15, 0.2) is 53.9 Å². The second-order valence-electron chi connectivity index (χ2n) is 5.52. The molecule has 0 aliphatic rings. The molecule has 0 aliphatic carbocycles. The van der Waals surface area contributed by atoms with Crippen LogP contribution in [0, 0.1) is 0 Å². The molecule has 27 heavy (non-hydrogen) atoms. The molecule has 1 heterocycles. The fourth-order valence-corrected chi connectivity index (χ4v) is 2.99. The Kier molecular flexibility index (Phi) is 5.31. The van der Waals surface area contributed by atoms with Crippen molar-refractivity contribution in [1.29, 1.82) is 0 Å². The molecule has 3 rings (SSSR count). The van der Waals surface area contributed by atoms with Gasteiger partial charge in [-0.15, -0.1) is 11.3 Å². The lowest BCUT2D eigenvalue weighted by Gasteiger charge is -2.10. The molecule has 0 atom stereocenters. The maximum absolute atomic E-state index is 12.6. The number of benzene rings is 2. The zero-order chi connectivity index (χ0) is 19.4. The van der Waals surface area contributed by atoms with Crippen LogP contribution in [0.1, 0.15) is 5.56 Å². The number of thiazole rings is 1. The number of carbonyl (C=O) groups excluding carboxylic acids is 1. The van der Waals surface area contributed by atoms with Crippen molar-refractivity contribution in [3.63, 3.8) is 0 Å². The van der Waals surface area contributed by atoms with Crippen LogP contribution in [-0.2, 0) is 6.18 Å². The number of hydrogen-bond acceptors (Lipinski definition) is 4. The summed E-state index contributed by atoms with van der Waals surface area (Å²) in [5, 5.41) is 10.8. The summed E-state index contributed by atoms with van der Waals surface area (Å²) >= 11 is 1.47. The number of anilines is 3. The van der Waals surface area contributed by atoms with E-state index >= 15 is 0 Å². The number of hydrogen-bond donors (Lipinski definition) is 3. The Labute approximate surface area is 157 Å². The van der Waals surface area contributed by atoms with Crippen LogP contribution in [0.25, 0.3) is 11.3 Å². The molecule has 2 amide bonds. The lowest BCUT2D eigenvalue weighted by Crippen LogP contribution is -2.19. The Morgan fingerprint density at radius 3 is 2.37 bits per heavy atom. The molecule has 1 aromatic heterocycles. The fourth-order valence-electron chi connectivity index (χ4n) is 2.31. The minimum atomic E-state index is -4.41. The molecule has 9 heteroatoms. The zero-order valence-corrected chi connectivity index (χ0v) is 14.9. The first-order valence-electron chi connectivity index (χ1n) is 7.84. The smallest absolute Gasteiger partial charge is 0.365 e. The first-order chi connectivity index (χ1) is 12.8. The van der Waals surface area contributed by atoms with E-state index in [4.69, 9.17) is 0 Å². The van der Waals surface area contributed by atoms with Gasteiger partial charge in [-0.05, 0) is 36.4 Å². The van der Waals surface area contributed by atoms with Gasteiger partial charge >= 0.3 is 12.2 Å². The van der Waals surface area contributed by atoms with Crippen molar-refractivity contribution in [1.82, 2.24) is 4.98 Å². The maximum Gasteiger partial charge on any atom is 0.416 e. The number of alkyl halides is 3. The highest BCUT2D eigenvalue weighted by atomic mass is 32.1. The number of carbonyl (C=O) groups is 1. The van der Waals surface area contributed by atoms with Gasteiger partial charge in [0.25, 0.3) is 0 Å². The Morgan fingerprint density at radius 2 is 1.74 bits per heavy atom. The number of nitrogens with one attached hydrogen (secondary N) is 3. The molecule has 3 N–H and O–H groups in total. The topological polar surface area (TPSA) is 66.0 Å². The number of aromatic nitrogens is 1. The number of rotatable bonds is 4. The van der Waals surface area contributed by atoms with Crippen molar-refractivity contribution >= 4 is 33.9 Å². The highest BCUT2D eigenvalue weighted by molar-refractivity contribution is 7.14. The van der Waals surface area contributed by atoms with Gasteiger partial charge in [0.05, 0.1) is 11.3 Å². The molecule has 0 bridgehead atoms. The van der Waals surface area contributed by atoms with Crippen LogP contribution in [-0.4, -0.2) is 18.1 Å². The van der Waals surface area contributed by atoms with E-state index < -0.39 is 17.8 Å². The largest absolute Gasteiger partial charge is 0.416 e. The van der Waals surface area contributed by atoms with E-state index in [1.165, 1.54) is 23.5 Å². The van der Waals surface area contributed by atoms with E-state index in [0.29, 0.717) is 5.69 Å². The third-order valence-corrected chi connectivity index (χ3v) is 4.46. The van der Waals surface area contributed by atoms with Gasteiger partial charge in [0, 0.05) is 29.4 Å². The minimum absolute atomic E-state index is 0.259. The molecule has 0 radical (unpaired) electrons. The number of urea groups is 1. The van der Waals surface area contributed by atoms with Crippen molar-refractivity contribution in [2.24, 2.45) is 0 Å². The average Bonchev–Trinajstić information content (AvgIpc) is 3.11. The summed E-state index contributed by atoms with van der Waals surface area (Å²) in [6.45, 7) is 0. The zero-order valence-electron chi connectivity index (χ0n) is 14.1. The highest BCUT2D eigenvalue weighted by Gasteiger charge is 2.29. The van der Waals surface area contributed by atoms with Crippen molar-refractivity contribution in [2.75, 3.05) is 23.0 Å². The van der Waals surface area contributed by atoms with E-state index in [2.05, 4.69) is 20.9 Å². The first-order valence-corrected chi connectivity index (χ1v) is 8.72. The van der Waals surface area contributed by atoms with Crippen molar-refractivity contribution in [3.05, 3.63) is 59.5 Å².